The smallest absolute Gasteiger partial charge is 0.325 e. The van der Waals surface area contributed by atoms with Crippen LogP contribution in [0.5, 0.6) is 0 Å². The topological polar surface area (TPSA) is 325 Å². The van der Waals surface area contributed by atoms with Gasteiger partial charge in [-0.1, -0.05) is 0 Å². The Balaban J connectivity index is 2.84. The SMILES string of the molecule is CP(=O)(O)OC1CCC(C(=O)NC(CCC(=O)NC(CCC(=O)NCCOCCON)C(=O)NCCOCCON)C(=O)NCCOCCON)CC1. The van der Waals surface area contributed by atoms with Gasteiger partial charge in [-0.3, -0.25) is 28.5 Å². The Hall–Kier alpha value is -2.86. The molecule has 53 heavy (non-hydrogen) atoms. The van der Waals surface area contributed by atoms with Gasteiger partial charge in [-0.2, -0.15) is 0 Å². The van der Waals surface area contributed by atoms with Crippen molar-refractivity contribution in [2.75, 3.05) is 85.8 Å². The molecule has 3 atom stereocenters. The molecule has 0 aromatic carbocycles. The van der Waals surface area contributed by atoms with E-state index in [0.29, 0.717) is 25.7 Å². The summed E-state index contributed by atoms with van der Waals surface area (Å²) in [5.74, 6) is 11.9. The summed E-state index contributed by atoms with van der Waals surface area (Å²) in [4.78, 5) is 87.8. The van der Waals surface area contributed by atoms with Crippen molar-refractivity contribution in [3.05, 3.63) is 0 Å². The van der Waals surface area contributed by atoms with Gasteiger partial charge in [0.25, 0.3) is 0 Å². The van der Waals surface area contributed by atoms with Gasteiger partial charge in [0.1, 0.15) is 12.1 Å². The molecule has 0 saturated heterocycles. The zero-order valence-corrected chi connectivity index (χ0v) is 31.3. The van der Waals surface area contributed by atoms with Gasteiger partial charge in [-0.15, -0.1) is 0 Å². The van der Waals surface area contributed by atoms with Gasteiger partial charge in [0.05, 0.1) is 65.6 Å². The first-order valence-electron chi connectivity index (χ1n) is 17.5. The van der Waals surface area contributed by atoms with E-state index in [1.165, 1.54) is 0 Å². The van der Waals surface area contributed by atoms with Gasteiger partial charge >= 0.3 is 7.60 Å². The zero-order valence-electron chi connectivity index (χ0n) is 30.4. The van der Waals surface area contributed by atoms with Crippen LogP contribution in [-0.2, 0) is 61.8 Å². The molecule has 1 aliphatic rings. The molecule has 0 radical (unpaired) electrons. The number of hydrogen-bond donors (Lipinski definition) is 9. The molecule has 0 spiro atoms. The van der Waals surface area contributed by atoms with Gasteiger partial charge in [-0.05, 0) is 38.5 Å². The number of carbonyl (C=O) groups is 5. The van der Waals surface area contributed by atoms with Crippen molar-refractivity contribution in [1.29, 1.82) is 0 Å². The molecule has 5 amide bonds. The van der Waals surface area contributed by atoms with E-state index in [-0.39, 0.29) is 111 Å². The molecule has 308 valence electrons. The molecule has 3 unspecified atom stereocenters. The van der Waals surface area contributed by atoms with Crippen molar-refractivity contribution in [2.45, 2.75) is 69.6 Å². The zero-order chi connectivity index (χ0) is 39.3. The molecule has 0 bridgehead atoms. The second-order valence-corrected chi connectivity index (χ2v) is 13.8. The molecule has 12 N–H and O–H groups in total. The third-order valence-electron chi connectivity index (χ3n) is 7.69. The van der Waals surface area contributed by atoms with Crippen molar-refractivity contribution in [3.63, 3.8) is 0 Å². The summed E-state index contributed by atoms with van der Waals surface area (Å²) in [5.41, 5.74) is 0. The average molecular weight is 787 g/mol. The van der Waals surface area contributed by atoms with Crippen LogP contribution >= 0.6 is 7.60 Å². The maximum atomic E-state index is 13.2. The summed E-state index contributed by atoms with van der Waals surface area (Å²) in [5, 5.41) is 13.3. The number of ether oxygens (including phenoxy) is 3. The Morgan fingerprint density at radius 2 is 1.08 bits per heavy atom. The molecule has 22 nitrogen and oxygen atoms in total. The van der Waals surface area contributed by atoms with Gasteiger partial charge < -0.3 is 64.7 Å². The Morgan fingerprint density at radius 3 is 1.53 bits per heavy atom. The van der Waals surface area contributed by atoms with Crippen LogP contribution in [-0.4, -0.2) is 138 Å². The van der Waals surface area contributed by atoms with E-state index in [0.717, 1.165) is 6.66 Å². The molecule has 1 saturated carbocycles. The number of amides is 5. The van der Waals surface area contributed by atoms with Gasteiger partial charge in [0, 0.05) is 45.1 Å². The van der Waals surface area contributed by atoms with E-state index in [1.54, 1.807) is 0 Å². The van der Waals surface area contributed by atoms with Crippen LogP contribution in [0, 0.1) is 5.92 Å². The van der Waals surface area contributed by atoms with E-state index in [1.807, 2.05) is 0 Å². The predicted molar refractivity (Wildman–Crippen MR) is 187 cm³/mol. The first-order valence-corrected chi connectivity index (χ1v) is 19.5. The van der Waals surface area contributed by atoms with Gasteiger partial charge in [-0.25, -0.2) is 17.7 Å². The highest BCUT2D eigenvalue weighted by molar-refractivity contribution is 7.51. The van der Waals surface area contributed by atoms with E-state index in [9.17, 15) is 33.4 Å². The molecule has 0 aromatic heterocycles. The largest absolute Gasteiger partial charge is 0.377 e. The van der Waals surface area contributed by atoms with Crippen molar-refractivity contribution < 1.29 is 66.7 Å². The lowest BCUT2D eigenvalue weighted by Gasteiger charge is -2.29. The van der Waals surface area contributed by atoms with E-state index >= 15 is 0 Å². The van der Waals surface area contributed by atoms with Crippen LogP contribution in [0.25, 0.3) is 0 Å². The molecule has 1 aliphatic carbocycles. The fraction of sp³-hybridized carbons (Fsp3) is 0.833. The Morgan fingerprint density at radius 1 is 0.642 bits per heavy atom. The minimum absolute atomic E-state index is 0.0425. The van der Waals surface area contributed by atoms with E-state index in [2.05, 4.69) is 41.1 Å². The van der Waals surface area contributed by atoms with Crippen molar-refractivity contribution in [1.82, 2.24) is 26.6 Å². The van der Waals surface area contributed by atoms with E-state index in [4.69, 9.17) is 36.4 Å². The Labute approximate surface area is 309 Å². The lowest BCUT2D eigenvalue weighted by molar-refractivity contribution is -0.133. The maximum absolute atomic E-state index is 13.2. The molecule has 0 aliphatic heterocycles. The minimum atomic E-state index is -3.68. The third-order valence-corrected chi connectivity index (χ3v) is 8.38. The first kappa shape index (κ1) is 48.2. The highest BCUT2D eigenvalue weighted by Crippen LogP contribution is 2.42. The fourth-order valence-electron chi connectivity index (χ4n) is 5.07. The lowest BCUT2D eigenvalue weighted by atomic mass is 9.86. The molecule has 0 heterocycles. The number of nitrogens with one attached hydrogen (secondary N) is 5. The summed E-state index contributed by atoms with van der Waals surface area (Å²) in [6.45, 7) is 3.19. The summed E-state index contributed by atoms with van der Waals surface area (Å²) >= 11 is 0. The summed E-state index contributed by atoms with van der Waals surface area (Å²) in [7, 11) is -3.68. The van der Waals surface area contributed by atoms with Crippen LogP contribution in [0.2, 0.25) is 0 Å². The number of rotatable bonds is 31. The van der Waals surface area contributed by atoms with Crippen LogP contribution < -0.4 is 44.3 Å². The lowest BCUT2D eigenvalue weighted by Crippen LogP contribution is -2.51. The number of carbonyl (C=O) groups excluding carboxylic acids is 5. The third kappa shape index (κ3) is 25.0. The van der Waals surface area contributed by atoms with Crippen LogP contribution in [0.1, 0.15) is 51.4 Å². The number of hydrogen-bond acceptors (Lipinski definition) is 16. The molecular weight excluding hydrogens is 727 g/mol. The standard InChI is InChI=1S/C30H59N8O14P/c1-53(44,45)52-23-4-2-22(3-5-23)28(41)38-25(30(43)36-12-15-48-18-21-51-33)7-9-27(40)37-24(29(42)35-11-14-47-17-20-50-32)6-8-26(39)34-10-13-46-16-19-49-31/h22-25H,2-21,31-33H2,1H3,(H,34,39)(H,35,42)(H,36,43)(H,37,40)(H,38,41)(H,44,45). The Kier molecular flexibility index (Phi) is 26.8. The number of nitrogens with two attached hydrogens (primary N) is 3. The molecule has 0 aromatic rings. The fourth-order valence-corrected chi connectivity index (χ4v) is 5.83. The van der Waals surface area contributed by atoms with Crippen molar-refractivity contribution in [3.8, 4) is 0 Å². The quantitative estimate of drug-likeness (QED) is 0.0192. The molecule has 1 fully saturated rings. The maximum Gasteiger partial charge on any atom is 0.325 e. The summed E-state index contributed by atoms with van der Waals surface area (Å²) in [6.07, 6.45) is 0.528. The van der Waals surface area contributed by atoms with Gasteiger partial charge in [0.2, 0.25) is 29.5 Å². The van der Waals surface area contributed by atoms with Crippen molar-refractivity contribution >= 4 is 37.1 Å². The van der Waals surface area contributed by atoms with Crippen molar-refractivity contribution in [2.24, 2.45) is 23.6 Å². The van der Waals surface area contributed by atoms with E-state index < -0.39 is 55.3 Å². The minimum Gasteiger partial charge on any atom is -0.377 e. The predicted octanol–water partition coefficient (Wildman–Crippen LogP) is -3.02. The van der Waals surface area contributed by atoms with Crippen LogP contribution in [0.15, 0.2) is 0 Å². The second-order valence-electron chi connectivity index (χ2n) is 12.0. The highest BCUT2D eigenvalue weighted by Gasteiger charge is 2.32. The summed E-state index contributed by atoms with van der Waals surface area (Å²) < 4.78 is 32.7. The Bertz CT molecular complexity index is 1110. The monoisotopic (exact) mass is 786 g/mol. The highest BCUT2D eigenvalue weighted by atomic mass is 31.2. The normalized spacial score (nSPS) is 17.9. The molecule has 1 rings (SSSR count). The molecule has 23 heteroatoms. The van der Waals surface area contributed by atoms with Crippen LogP contribution in [0.4, 0.5) is 0 Å². The van der Waals surface area contributed by atoms with Crippen LogP contribution in [0.3, 0.4) is 0 Å². The summed E-state index contributed by atoms with van der Waals surface area (Å²) in [6, 6.07) is -2.22. The second kappa shape index (κ2) is 29.5. The first-order chi connectivity index (χ1) is 25.4. The molecular formula is C30H59N8O14P. The van der Waals surface area contributed by atoms with Gasteiger partial charge in [0.15, 0.2) is 0 Å². The average Bonchev–Trinajstić information content (AvgIpc) is 3.12.